The molecule has 3 heteroatoms. The summed E-state index contributed by atoms with van der Waals surface area (Å²) < 4.78 is 13.1. The maximum Gasteiger partial charge on any atom is 0.126 e. The second-order valence-corrected chi connectivity index (χ2v) is 3.01. The van der Waals surface area contributed by atoms with Crippen molar-refractivity contribution < 1.29 is 14.3 Å². The van der Waals surface area contributed by atoms with Gasteiger partial charge in [0.1, 0.15) is 17.9 Å². The molecule has 0 bridgehead atoms. The minimum atomic E-state index is -0.382. The van der Waals surface area contributed by atoms with Crippen LogP contribution in [0.4, 0.5) is 4.39 Å². The molecule has 1 aromatic carbocycles. The molecule has 0 spiro atoms. The number of phenolic OH excluding ortho intramolecular Hbond substituents is 1. The van der Waals surface area contributed by atoms with Crippen LogP contribution in [-0.2, 0) is 4.79 Å². The van der Waals surface area contributed by atoms with E-state index in [0.717, 1.165) is 6.29 Å². The third kappa shape index (κ3) is 2.28. The minimum absolute atomic E-state index is 0.0224. The highest BCUT2D eigenvalue weighted by molar-refractivity contribution is 5.51. The summed E-state index contributed by atoms with van der Waals surface area (Å²) in [6.45, 7) is 1.74. The molecular formula is C10H11FO2. The summed E-state index contributed by atoms with van der Waals surface area (Å²) >= 11 is 0. The lowest BCUT2D eigenvalue weighted by Crippen LogP contribution is -1.97. The highest BCUT2D eigenvalue weighted by Gasteiger charge is 2.10. The van der Waals surface area contributed by atoms with Gasteiger partial charge in [0.05, 0.1) is 0 Å². The van der Waals surface area contributed by atoms with Gasteiger partial charge in [0.15, 0.2) is 0 Å². The molecule has 0 aliphatic heterocycles. The number of carbonyl (C=O) groups excluding carboxylic acids is 1. The molecule has 0 aliphatic rings. The van der Waals surface area contributed by atoms with E-state index in [1.165, 1.54) is 18.2 Å². The smallest absolute Gasteiger partial charge is 0.126 e. The molecule has 70 valence electrons. The average Bonchev–Trinajstić information content (AvgIpc) is 2.09. The van der Waals surface area contributed by atoms with E-state index in [1.54, 1.807) is 6.92 Å². The zero-order valence-corrected chi connectivity index (χ0v) is 7.33. The normalized spacial score (nSPS) is 12.5. The van der Waals surface area contributed by atoms with Crippen LogP contribution in [0, 0.1) is 5.82 Å². The van der Waals surface area contributed by atoms with Crippen LogP contribution in [0.15, 0.2) is 18.2 Å². The Kier molecular flexibility index (Phi) is 3.01. The number of carbonyl (C=O) groups is 1. The Morgan fingerprint density at radius 3 is 2.92 bits per heavy atom. The third-order valence-electron chi connectivity index (χ3n) is 1.96. The summed E-state index contributed by atoms with van der Waals surface area (Å²) in [5.74, 6) is -0.550. The number of hydrogen-bond acceptors (Lipinski definition) is 2. The topological polar surface area (TPSA) is 37.3 Å². The minimum Gasteiger partial charge on any atom is -0.508 e. The van der Waals surface area contributed by atoms with Crippen molar-refractivity contribution >= 4 is 6.29 Å². The van der Waals surface area contributed by atoms with E-state index < -0.39 is 0 Å². The Labute approximate surface area is 76.0 Å². The highest BCUT2D eigenvalue weighted by Crippen LogP contribution is 2.24. The summed E-state index contributed by atoms with van der Waals surface area (Å²) in [6.07, 6.45) is 1.01. The van der Waals surface area contributed by atoms with Gasteiger partial charge in [-0.25, -0.2) is 4.39 Å². The maximum atomic E-state index is 13.1. The summed E-state index contributed by atoms with van der Waals surface area (Å²) in [7, 11) is 0. The Balaban J connectivity index is 2.97. The van der Waals surface area contributed by atoms with Gasteiger partial charge >= 0.3 is 0 Å². The SMILES string of the molecule is CC(CC=O)c1cc(O)ccc1F. The molecule has 1 rings (SSSR count). The molecule has 1 atom stereocenters. The van der Waals surface area contributed by atoms with Gasteiger partial charge in [-0.15, -0.1) is 0 Å². The van der Waals surface area contributed by atoms with Crippen molar-refractivity contribution in [1.82, 2.24) is 0 Å². The summed E-state index contributed by atoms with van der Waals surface area (Å²) in [4.78, 5) is 10.2. The zero-order chi connectivity index (χ0) is 9.84. The van der Waals surface area contributed by atoms with Crippen molar-refractivity contribution in [3.63, 3.8) is 0 Å². The second-order valence-electron chi connectivity index (χ2n) is 3.01. The quantitative estimate of drug-likeness (QED) is 0.728. The Morgan fingerprint density at radius 1 is 1.62 bits per heavy atom. The van der Waals surface area contributed by atoms with Crippen LogP contribution in [0.2, 0.25) is 0 Å². The van der Waals surface area contributed by atoms with E-state index in [1.807, 2.05) is 0 Å². The third-order valence-corrected chi connectivity index (χ3v) is 1.96. The Bertz CT molecular complexity index is 310. The van der Waals surface area contributed by atoms with Crippen LogP contribution in [-0.4, -0.2) is 11.4 Å². The van der Waals surface area contributed by atoms with Gasteiger partial charge in [-0.2, -0.15) is 0 Å². The van der Waals surface area contributed by atoms with Gasteiger partial charge in [-0.1, -0.05) is 6.92 Å². The van der Waals surface area contributed by atoms with Crippen LogP contribution in [0.1, 0.15) is 24.8 Å². The molecule has 0 aliphatic carbocycles. The molecule has 0 aromatic heterocycles. The molecule has 0 amide bonds. The van der Waals surface area contributed by atoms with Crippen molar-refractivity contribution in [1.29, 1.82) is 0 Å². The molecular weight excluding hydrogens is 171 g/mol. The van der Waals surface area contributed by atoms with Crippen LogP contribution in [0.3, 0.4) is 0 Å². The van der Waals surface area contributed by atoms with Crippen molar-refractivity contribution in [2.24, 2.45) is 0 Å². The Hall–Kier alpha value is -1.38. The van der Waals surface area contributed by atoms with Crippen LogP contribution in [0.5, 0.6) is 5.75 Å². The van der Waals surface area contributed by atoms with Gasteiger partial charge in [0.25, 0.3) is 0 Å². The van der Waals surface area contributed by atoms with E-state index in [4.69, 9.17) is 5.11 Å². The van der Waals surface area contributed by atoms with Crippen LogP contribution >= 0.6 is 0 Å². The summed E-state index contributed by atoms with van der Waals surface area (Å²) in [6, 6.07) is 3.84. The molecule has 0 heterocycles. The van der Waals surface area contributed by atoms with Gasteiger partial charge in [-0.3, -0.25) is 0 Å². The standard InChI is InChI=1S/C10H11FO2/c1-7(4-5-12)9-6-8(13)2-3-10(9)11/h2-3,5-7,13H,4H2,1H3. The van der Waals surface area contributed by atoms with E-state index >= 15 is 0 Å². The first-order valence-electron chi connectivity index (χ1n) is 4.07. The number of halogens is 1. The predicted octanol–water partition coefficient (Wildman–Crippen LogP) is 2.22. The van der Waals surface area contributed by atoms with E-state index in [0.29, 0.717) is 5.56 Å². The first-order valence-corrected chi connectivity index (χ1v) is 4.07. The van der Waals surface area contributed by atoms with Crippen molar-refractivity contribution in [3.8, 4) is 5.75 Å². The number of aromatic hydroxyl groups is 1. The number of phenols is 1. The predicted molar refractivity (Wildman–Crippen MR) is 47.2 cm³/mol. The van der Waals surface area contributed by atoms with Gasteiger partial charge in [-0.05, 0) is 29.7 Å². The van der Waals surface area contributed by atoms with E-state index in [2.05, 4.69) is 0 Å². The number of aldehydes is 1. The van der Waals surface area contributed by atoms with E-state index in [9.17, 15) is 9.18 Å². The fraction of sp³-hybridized carbons (Fsp3) is 0.300. The average molecular weight is 182 g/mol. The van der Waals surface area contributed by atoms with Crippen LogP contribution < -0.4 is 0 Å². The Morgan fingerprint density at radius 2 is 2.31 bits per heavy atom. The number of hydrogen-bond donors (Lipinski definition) is 1. The molecule has 2 nitrogen and oxygen atoms in total. The fourth-order valence-electron chi connectivity index (χ4n) is 1.18. The molecule has 1 unspecified atom stereocenters. The van der Waals surface area contributed by atoms with E-state index in [-0.39, 0.29) is 23.9 Å². The first kappa shape index (κ1) is 9.71. The summed E-state index contributed by atoms with van der Waals surface area (Å²) in [5.41, 5.74) is 0.382. The van der Waals surface area contributed by atoms with Gasteiger partial charge in [0, 0.05) is 6.42 Å². The van der Waals surface area contributed by atoms with Gasteiger partial charge < -0.3 is 9.90 Å². The van der Waals surface area contributed by atoms with Gasteiger partial charge in [0.2, 0.25) is 0 Å². The van der Waals surface area contributed by atoms with Crippen molar-refractivity contribution in [3.05, 3.63) is 29.6 Å². The lowest BCUT2D eigenvalue weighted by Gasteiger charge is -2.09. The van der Waals surface area contributed by atoms with Crippen molar-refractivity contribution in [2.45, 2.75) is 19.3 Å². The van der Waals surface area contributed by atoms with Crippen LogP contribution in [0.25, 0.3) is 0 Å². The number of benzene rings is 1. The molecule has 13 heavy (non-hydrogen) atoms. The lowest BCUT2D eigenvalue weighted by molar-refractivity contribution is -0.108. The monoisotopic (exact) mass is 182 g/mol. The molecule has 0 saturated heterocycles. The summed E-state index contributed by atoms with van der Waals surface area (Å²) in [5, 5.41) is 9.10. The molecule has 0 radical (unpaired) electrons. The molecule has 0 fully saturated rings. The maximum absolute atomic E-state index is 13.1. The highest BCUT2D eigenvalue weighted by atomic mass is 19.1. The van der Waals surface area contributed by atoms with Crippen molar-refractivity contribution in [2.75, 3.05) is 0 Å². The molecule has 0 saturated carbocycles. The molecule has 1 aromatic rings. The number of rotatable bonds is 3. The fourth-order valence-corrected chi connectivity index (χ4v) is 1.18. The second kappa shape index (κ2) is 4.03. The zero-order valence-electron chi connectivity index (χ0n) is 7.33. The lowest BCUT2D eigenvalue weighted by atomic mass is 9.98. The molecule has 1 N–H and O–H groups in total. The first-order chi connectivity index (χ1) is 6.15. The largest absolute Gasteiger partial charge is 0.508 e.